The van der Waals surface area contributed by atoms with Gasteiger partial charge in [-0.25, -0.2) is 14.6 Å². The zero-order chi connectivity index (χ0) is 21.7. The lowest BCUT2D eigenvalue weighted by molar-refractivity contribution is 0.170. The molecular weight excluding hydrogens is 418 g/mol. The van der Waals surface area contributed by atoms with E-state index in [1.165, 1.54) is 7.11 Å². The molecule has 1 aromatic carbocycles. The van der Waals surface area contributed by atoms with E-state index in [9.17, 15) is 9.59 Å². The Hall–Kier alpha value is -3.39. The Kier molecular flexibility index (Phi) is 8.15. The van der Waals surface area contributed by atoms with Crippen molar-refractivity contribution in [1.82, 2.24) is 20.6 Å². The normalized spacial score (nSPS) is 10.2. The zero-order valence-electron chi connectivity index (χ0n) is 17.9. The lowest BCUT2D eigenvalue weighted by Crippen LogP contribution is -2.28. The smallest absolute Gasteiger partial charge is 0.407 e. The average Bonchev–Trinajstić information content (AvgIpc) is 2.74. The van der Waals surface area contributed by atoms with E-state index in [0.717, 1.165) is 38.7 Å². The lowest BCUT2D eigenvalue weighted by Gasteiger charge is -2.15. The maximum atomic E-state index is 11.9. The van der Waals surface area contributed by atoms with E-state index >= 15 is 0 Å². The van der Waals surface area contributed by atoms with Crippen LogP contribution >= 0.6 is 12.4 Å². The lowest BCUT2D eigenvalue weighted by atomic mass is 9.93. The number of benzene rings is 1. The van der Waals surface area contributed by atoms with Crippen LogP contribution in [-0.2, 0) is 11.3 Å². The van der Waals surface area contributed by atoms with Gasteiger partial charge in [-0.2, -0.15) is 0 Å². The van der Waals surface area contributed by atoms with Crippen molar-refractivity contribution in [2.75, 3.05) is 19.0 Å². The second kappa shape index (κ2) is 10.6. The standard InChI is InChI=1S/C22H25N5O3.ClH/c1-5-23-21(28)27-20-10-18-17(16-8-9-24-14(3)13(16)2)7-6-15(19(18)12-25-20)11-26-22(29)30-4;/h6-10,12H,5,11H2,1-4H3,(H,26,29)(H2,23,25,27,28);1H. The number of rotatable bonds is 5. The number of urea groups is 1. The molecule has 164 valence electrons. The molecule has 2 aromatic heterocycles. The van der Waals surface area contributed by atoms with Crippen LogP contribution in [0.1, 0.15) is 23.7 Å². The van der Waals surface area contributed by atoms with Gasteiger partial charge in [0.1, 0.15) is 5.82 Å². The van der Waals surface area contributed by atoms with Crippen LogP contribution in [0.2, 0.25) is 0 Å². The van der Waals surface area contributed by atoms with Crippen molar-refractivity contribution in [2.24, 2.45) is 0 Å². The zero-order valence-corrected chi connectivity index (χ0v) is 18.7. The van der Waals surface area contributed by atoms with Gasteiger partial charge in [-0.15, -0.1) is 12.4 Å². The van der Waals surface area contributed by atoms with Crippen molar-refractivity contribution in [2.45, 2.75) is 27.3 Å². The highest BCUT2D eigenvalue weighted by molar-refractivity contribution is 6.01. The van der Waals surface area contributed by atoms with Gasteiger partial charge < -0.3 is 15.4 Å². The number of fused-ring (bicyclic) bond motifs is 1. The summed E-state index contributed by atoms with van der Waals surface area (Å²) in [5.74, 6) is 0.441. The van der Waals surface area contributed by atoms with E-state index in [1.54, 1.807) is 12.4 Å². The summed E-state index contributed by atoms with van der Waals surface area (Å²) >= 11 is 0. The van der Waals surface area contributed by atoms with E-state index in [0.29, 0.717) is 18.9 Å². The van der Waals surface area contributed by atoms with Crippen molar-refractivity contribution >= 4 is 41.1 Å². The number of aryl methyl sites for hydroxylation is 1. The molecule has 8 nitrogen and oxygen atoms in total. The van der Waals surface area contributed by atoms with Crippen LogP contribution in [0, 0.1) is 13.8 Å². The van der Waals surface area contributed by atoms with Gasteiger partial charge in [0.15, 0.2) is 0 Å². The first-order valence-electron chi connectivity index (χ1n) is 9.65. The van der Waals surface area contributed by atoms with E-state index < -0.39 is 6.09 Å². The number of methoxy groups -OCH3 is 1. The number of nitrogens with zero attached hydrogens (tertiary/aromatic N) is 2. The summed E-state index contributed by atoms with van der Waals surface area (Å²) in [5, 5.41) is 9.94. The number of aromatic nitrogens is 2. The van der Waals surface area contributed by atoms with Crippen LogP contribution in [0.4, 0.5) is 15.4 Å². The third kappa shape index (κ3) is 5.40. The van der Waals surface area contributed by atoms with Crippen LogP contribution in [-0.4, -0.2) is 35.7 Å². The first-order valence-corrected chi connectivity index (χ1v) is 9.65. The second-order valence-electron chi connectivity index (χ2n) is 6.79. The van der Waals surface area contributed by atoms with Gasteiger partial charge in [-0.3, -0.25) is 10.3 Å². The number of alkyl carbamates (subject to hydrolysis) is 1. The quantitative estimate of drug-likeness (QED) is 0.544. The number of carbonyl (C=O) groups is 2. The Morgan fingerprint density at radius 2 is 1.81 bits per heavy atom. The minimum Gasteiger partial charge on any atom is -0.453 e. The molecule has 31 heavy (non-hydrogen) atoms. The van der Waals surface area contributed by atoms with Gasteiger partial charge in [-0.05, 0) is 60.5 Å². The summed E-state index contributed by atoms with van der Waals surface area (Å²) in [7, 11) is 1.33. The fourth-order valence-corrected chi connectivity index (χ4v) is 3.25. The predicted molar refractivity (Wildman–Crippen MR) is 124 cm³/mol. The van der Waals surface area contributed by atoms with Gasteiger partial charge in [-0.1, -0.05) is 12.1 Å². The fraction of sp³-hybridized carbons (Fsp3) is 0.273. The Morgan fingerprint density at radius 1 is 1.03 bits per heavy atom. The van der Waals surface area contributed by atoms with E-state index in [2.05, 4.69) is 30.7 Å². The highest BCUT2D eigenvalue weighted by Gasteiger charge is 2.14. The summed E-state index contributed by atoms with van der Waals surface area (Å²) < 4.78 is 4.66. The molecule has 0 atom stereocenters. The summed E-state index contributed by atoms with van der Waals surface area (Å²) in [6, 6.07) is 7.47. The number of nitrogens with one attached hydrogen (secondary N) is 3. The molecule has 3 aromatic rings. The van der Waals surface area contributed by atoms with Gasteiger partial charge in [0.2, 0.25) is 0 Å². The Bertz CT molecular complexity index is 1100. The summed E-state index contributed by atoms with van der Waals surface area (Å²) in [5.41, 5.74) is 4.96. The topological polar surface area (TPSA) is 105 Å². The number of amides is 3. The number of pyridine rings is 2. The third-order valence-corrected chi connectivity index (χ3v) is 4.93. The molecular formula is C22H26ClN5O3. The molecule has 0 aliphatic heterocycles. The number of carbonyl (C=O) groups excluding carboxylic acids is 2. The van der Waals surface area contributed by atoms with Crippen LogP contribution in [0.5, 0.6) is 0 Å². The van der Waals surface area contributed by atoms with E-state index in [1.807, 2.05) is 45.0 Å². The Morgan fingerprint density at radius 3 is 2.52 bits per heavy atom. The van der Waals surface area contributed by atoms with Crippen LogP contribution in [0.15, 0.2) is 36.7 Å². The summed E-state index contributed by atoms with van der Waals surface area (Å²) in [6.07, 6.45) is 2.99. The molecule has 0 radical (unpaired) electrons. The molecule has 2 heterocycles. The minimum absolute atomic E-state index is 0. The molecule has 0 bridgehead atoms. The highest BCUT2D eigenvalue weighted by Crippen LogP contribution is 2.34. The maximum Gasteiger partial charge on any atom is 0.407 e. The molecule has 3 amide bonds. The first kappa shape index (κ1) is 23.9. The van der Waals surface area contributed by atoms with Gasteiger partial charge in [0.05, 0.1) is 7.11 Å². The number of anilines is 1. The minimum atomic E-state index is -0.504. The van der Waals surface area contributed by atoms with E-state index in [-0.39, 0.29) is 18.4 Å². The van der Waals surface area contributed by atoms with Gasteiger partial charge >= 0.3 is 12.1 Å². The molecule has 0 spiro atoms. The van der Waals surface area contributed by atoms with Crippen LogP contribution in [0.3, 0.4) is 0 Å². The van der Waals surface area contributed by atoms with Gasteiger partial charge in [0, 0.05) is 36.6 Å². The van der Waals surface area contributed by atoms with Crippen molar-refractivity contribution < 1.29 is 14.3 Å². The monoisotopic (exact) mass is 443 g/mol. The van der Waals surface area contributed by atoms with Crippen molar-refractivity contribution in [1.29, 1.82) is 0 Å². The number of halogens is 1. The summed E-state index contributed by atoms with van der Waals surface area (Å²) in [6.45, 7) is 6.66. The Labute approximate surface area is 187 Å². The SMILES string of the molecule is CCNC(=O)Nc1cc2c(-c3ccnc(C)c3C)ccc(CNC(=O)OC)c2cn1.Cl. The number of hydrogen-bond acceptors (Lipinski definition) is 5. The fourth-order valence-electron chi connectivity index (χ4n) is 3.25. The van der Waals surface area contributed by atoms with E-state index in [4.69, 9.17) is 0 Å². The van der Waals surface area contributed by atoms with Gasteiger partial charge in [0.25, 0.3) is 0 Å². The maximum absolute atomic E-state index is 11.9. The van der Waals surface area contributed by atoms with Crippen molar-refractivity contribution in [3.05, 3.63) is 53.5 Å². The second-order valence-corrected chi connectivity index (χ2v) is 6.79. The molecule has 0 unspecified atom stereocenters. The van der Waals surface area contributed by atoms with Crippen molar-refractivity contribution in [3.63, 3.8) is 0 Å². The largest absolute Gasteiger partial charge is 0.453 e. The van der Waals surface area contributed by atoms with Crippen molar-refractivity contribution in [3.8, 4) is 11.1 Å². The number of hydrogen-bond donors (Lipinski definition) is 3. The molecule has 0 saturated heterocycles. The molecule has 0 saturated carbocycles. The molecule has 0 aliphatic carbocycles. The predicted octanol–water partition coefficient (Wildman–Crippen LogP) is 4.33. The number of ether oxygens (including phenoxy) is 1. The molecule has 0 aliphatic rings. The molecule has 3 rings (SSSR count). The van der Waals surface area contributed by atoms with Crippen LogP contribution in [0.25, 0.3) is 21.9 Å². The summed E-state index contributed by atoms with van der Waals surface area (Å²) in [4.78, 5) is 32.2. The molecule has 9 heteroatoms. The molecule has 3 N–H and O–H groups in total. The van der Waals surface area contributed by atoms with Crippen LogP contribution < -0.4 is 16.0 Å². The molecule has 0 fully saturated rings. The average molecular weight is 444 g/mol. The first-order chi connectivity index (χ1) is 14.4. The third-order valence-electron chi connectivity index (χ3n) is 4.93. The highest BCUT2D eigenvalue weighted by atomic mass is 35.5. The Balaban J connectivity index is 0.00000341.